The normalized spacial score (nSPS) is 10.3. The lowest BCUT2D eigenvalue weighted by molar-refractivity contribution is 0.298. The topological polar surface area (TPSA) is 35.0 Å². The zero-order valence-electron chi connectivity index (χ0n) is 8.73. The molecule has 0 aromatic carbocycles. The summed E-state index contributed by atoms with van der Waals surface area (Å²) in [6, 6.07) is 3.79. The van der Waals surface area contributed by atoms with Gasteiger partial charge in [-0.1, -0.05) is 0 Å². The minimum atomic E-state index is 0.511. The third-order valence-electron chi connectivity index (χ3n) is 2.00. The molecule has 3 nitrogen and oxygen atoms in total. The fourth-order valence-electron chi connectivity index (χ4n) is 1.25. The van der Waals surface area contributed by atoms with Gasteiger partial charge in [-0.05, 0) is 26.0 Å². The fraction of sp³-hybridized carbons (Fsp3) is 0.273. The van der Waals surface area contributed by atoms with Crippen LogP contribution in [0.4, 0.5) is 0 Å². The van der Waals surface area contributed by atoms with Gasteiger partial charge in [0, 0.05) is 11.6 Å². The maximum absolute atomic E-state index is 5.62. The minimum absolute atomic E-state index is 0.511. The van der Waals surface area contributed by atoms with E-state index < -0.39 is 0 Å². The molecule has 0 bridgehead atoms. The second-order valence-corrected chi connectivity index (χ2v) is 4.30. The summed E-state index contributed by atoms with van der Waals surface area (Å²) in [6.45, 7) is 4.43. The minimum Gasteiger partial charge on any atom is -0.485 e. The molecule has 78 valence electrons. The van der Waals surface area contributed by atoms with Crippen molar-refractivity contribution in [3.05, 3.63) is 40.1 Å². The molecule has 2 rings (SSSR count). The van der Waals surface area contributed by atoms with Crippen molar-refractivity contribution in [2.75, 3.05) is 0 Å². The first kappa shape index (κ1) is 10.1. The quantitative estimate of drug-likeness (QED) is 0.797. The maximum atomic E-state index is 5.62. The van der Waals surface area contributed by atoms with Gasteiger partial charge in [0.1, 0.15) is 12.4 Å². The van der Waals surface area contributed by atoms with E-state index in [1.54, 1.807) is 17.5 Å². The highest BCUT2D eigenvalue weighted by atomic mass is 32.1. The van der Waals surface area contributed by atoms with Crippen LogP contribution in [0.2, 0.25) is 0 Å². The molecule has 2 aromatic rings. The molecule has 0 spiro atoms. The summed E-state index contributed by atoms with van der Waals surface area (Å²) in [5.41, 5.74) is 1.88. The van der Waals surface area contributed by atoms with E-state index in [-0.39, 0.29) is 0 Å². The molecule has 0 aliphatic rings. The lowest BCUT2D eigenvalue weighted by atomic mass is 10.3. The summed E-state index contributed by atoms with van der Waals surface area (Å²) in [5, 5.41) is 3.08. The van der Waals surface area contributed by atoms with Crippen LogP contribution in [0.3, 0.4) is 0 Å². The molecule has 2 heterocycles. The molecular weight excluding hydrogens is 208 g/mol. The summed E-state index contributed by atoms with van der Waals surface area (Å²) in [6.07, 6.45) is 1.76. The van der Waals surface area contributed by atoms with Gasteiger partial charge in [0.15, 0.2) is 0 Å². The van der Waals surface area contributed by atoms with Crippen LogP contribution in [0, 0.1) is 13.8 Å². The number of hydrogen-bond donors (Lipinski definition) is 0. The monoisotopic (exact) mass is 220 g/mol. The molecule has 0 radical (unpaired) electrons. The fourth-order valence-corrected chi connectivity index (χ4v) is 1.85. The number of rotatable bonds is 3. The molecule has 0 saturated heterocycles. The Morgan fingerprint density at radius 2 is 2.27 bits per heavy atom. The number of pyridine rings is 1. The molecule has 15 heavy (non-hydrogen) atoms. The van der Waals surface area contributed by atoms with Gasteiger partial charge in [-0.2, -0.15) is 0 Å². The van der Waals surface area contributed by atoms with Crippen LogP contribution >= 0.6 is 11.3 Å². The zero-order valence-corrected chi connectivity index (χ0v) is 9.54. The molecule has 0 aliphatic carbocycles. The second kappa shape index (κ2) is 4.40. The molecule has 0 unspecified atom stereocenters. The Bertz CT molecular complexity index is 453. The average molecular weight is 220 g/mol. The lowest BCUT2D eigenvalue weighted by Crippen LogP contribution is -1.98. The average Bonchev–Trinajstić information content (AvgIpc) is 2.63. The van der Waals surface area contributed by atoms with Gasteiger partial charge in [-0.15, -0.1) is 11.3 Å². The molecule has 0 fully saturated rings. The van der Waals surface area contributed by atoms with Crippen molar-refractivity contribution in [3.63, 3.8) is 0 Å². The molecular formula is C11H12N2OS. The highest BCUT2D eigenvalue weighted by molar-refractivity contribution is 7.09. The number of aryl methyl sites for hydroxylation is 2. The smallest absolute Gasteiger partial charge is 0.141 e. The Morgan fingerprint density at radius 3 is 2.93 bits per heavy atom. The van der Waals surface area contributed by atoms with Crippen molar-refractivity contribution in [3.8, 4) is 5.75 Å². The molecule has 2 aromatic heterocycles. The predicted octanol–water partition coefficient (Wildman–Crippen LogP) is 2.73. The largest absolute Gasteiger partial charge is 0.485 e. The number of ether oxygens (including phenoxy) is 1. The Kier molecular flexibility index (Phi) is 2.97. The standard InChI is InChI=1S/C11H12N2OS/c1-8-11(4-3-5-12-8)14-6-10-7-15-9(2)13-10/h3-5,7H,6H2,1-2H3. The van der Waals surface area contributed by atoms with Crippen LogP contribution in [0.25, 0.3) is 0 Å². The summed E-state index contributed by atoms with van der Waals surface area (Å²) in [7, 11) is 0. The van der Waals surface area contributed by atoms with Crippen LogP contribution in [0.5, 0.6) is 5.75 Å². The van der Waals surface area contributed by atoms with E-state index in [9.17, 15) is 0 Å². The van der Waals surface area contributed by atoms with Gasteiger partial charge in [-0.25, -0.2) is 4.98 Å². The van der Waals surface area contributed by atoms with Gasteiger partial charge >= 0.3 is 0 Å². The molecule has 0 atom stereocenters. The van der Waals surface area contributed by atoms with Gasteiger partial charge in [0.2, 0.25) is 0 Å². The van der Waals surface area contributed by atoms with Crippen molar-refractivity contribution < 1.29 is 4.74 Å². The first-order valence-electron chi connectivity index (χ1n) is 4.71. The summed E-state index contributed by atoms with van der Waals surface area (Å²) < 4.78 is 5.62. The Morgan fingerprint density at radius 1 is 1.40 bits per heavy atom. The number of hydrogen-bond acceptors (Lipinski definition) is 4. The number of aromatic nitrogens is 2. The van der Waals surface area contributed by atoms with Crippen LogP contribution in [-0.2, 0) is 6.61 Å². The SMILES string of the molecule is Cc1nc(COc2cccnc2C)cs1. The highest BCUT2D eigenvalue weighted by Gasteiger charge is 2.02. The van der Waals surface area contributed by atoms with Crippen LogP contribution < -0.4 is 4.74 Å². The van der Waals surface area contributed by atoms with Gasteiger partial charge in [-0.3, -0.25) is 4.98 Å². The predicted molar refractivity (Wildman–Crippen MR) is 60.2 cm³/mol. The number of thiazole rings is 1. The molecule has 4 heteroatoms. The van der Waals surface area contributed by atoms with Crippen molar-refractivity contribution in [2.45, 2.75) is 20.5 Å². The first-order valence-corrected chi connectivity index (χ1v) is 5.59. The molecule has 0 aliphatic heterocycles. The van der Waals surface area contributed by atoms with E-state index in [1.165, 1.54) is 0 Å². The summed E-state index contributed by atoms with van der Waals surface area (Å²) in [5.74, 6) is 0.822. The summed E-state index contributed by atoms with van der Waals surface area (Å²) in [4.78, 5) is 8.48. The van der Waals surface area contributed by atoms with E-state index >= 15 is 0 Å². The van der Waals surface area contributed by atoms with Gasteiger partial charge < -0.3 is 4.74 Å². The summed E-state index contributed by atoms with van der Waals surface area (Å²) >= 11 is 1.64. The molecule has 0 N–H and O–H groups in total. The van der Waals surface area contributed by atoms with E-state index in [0.29, 0.717) is 6.61 Å². The second-order valence-electron chi connectivity index (χ2n) is 3.23. The maximum Gasteiger partial charge on any atom is 0.141 e. The van der Waals surface area contributed by atoms with Crippen molar-refractivity contribution >= 4 is 11.3 Å². The third-order valence-corrected chi connectivity index (χ3v) is 2.82. The Balaban J connectivity index is 2.02. The molecule has 0 amide bonds. The van der Waals surface area contributed by atoms with E-state index in [4.69, 9.17) is 4.74 Å². The van der Waals surface area contributed by atoms with Gasteiger partial charge in [0.25, 0.3) is 0 Å². The number of nitrogens with zero attached hydrogens (tertiary/aromatic N) is 2. The Labute approximate surface area is 92.8 Å². The van der Waals surface area contributed by atoms with Crippen molar-refractivity contribution in [1.82, 2.24) is 9.97 Å². The van der Waals surface area contributed by atoms with Crippen molar-refractivity contribution in [1.29, 1.82) is 0 Å². The first-order chi connectivity index (χ1) is 7.25. The van der Waals surface area contributed by atoms with Gasteiger partial charge in [0.05, 0.1) is 16.4 Å². The van der Waals surface area contributed by atoms with E-state index in [2.05, 4.69) is 9.97 Å². The zero-order chi connectivity index (χ0) is 10.7. The lowest BCUT2D eigenvalue weighted by Gasteiger charge is -2.05. The van der Waals surface area contributed by atoms with Crippen LogP contribution in [0.1, 0.15) is 16.4 Å². The highest BCUT2D eigenvalue weighted by Crippen LogP contribution is 2.16. The third kappa shape index (κ3) is 2.53. The van der Waals surface area contributed by atoms with Crippen LogP contribution in [0.15, 0.2) is 23.7 Å². The van der Waals surface area contributed by atoms with E-state index in [1.807, 2.05) is 31.4 Å². The van der Waals surface area contributed by atoms with E-state index in [0.717, 1.165) is 22.1 Å². The Hall–Kier alpha value is -1.42. The van der Waals surface area contributed by atoms with Crippen LogP contribution in [-0.4, -0.2) is 9.97 Å². The molecule has 0 saturated carbocycles. The van der Waals surface area contributed by atoms with Crippen molar-refractivity contribution in [2.24, 2.45) is 0 Å².